The van der Waals surface area contributed by atoms with Crippen LogP contribution in [0.15, 0.2) is 24.3 Å². The van der Waals surface area contributed by atoms with E-state index in [1.807, 2.05) is 22.6 Å². The Morgan fingerprint density at radius 3 is 2.56 bits per heavy atom. The normalized spacial score (nSPS) is 13.2. The molecule has 0 heterocycles. The van der Waals surface area contributed by atoms with E-state index in [-0.39, 0.29) is 0 Å². The van der Waals surface area contributed by atoms with E-state index in [9.17, 15) is 13.2 Å². The summed E-state index contributed by atoms with van der Waals surface area (Å²) >= 11 is 1.83. The number of hydrogen-bond acceptors (Lipinski definition) is 4. The lowest BCUT2D eigenvalue weighted by Gasteiger charge is -2.09. The number of esters is 1. The molecule has 0 amide bonds. The SMILES string of the molecule is COC(=O)c1cccc(C(I)S(C)(=O)=O)c1. The van der Waals surface area contributed by atoms with E-state index in [1.165, 1.54) is 13.2 Å². The van der Waals surface area contributed by atoms with Crippen LogP contribution in [0.25, 0.3) is 0 Å². The Bertz CT molecular complexity index is 495. The topological polar surface area (TPSA) is 60.4 Å². The van der Waals surface area contributed by atoms with Crippen molar-refractivity contribution in [1.82, 2.24) is 0 Å². The lowest BCUT2D eigenvalue weighted by molar-refractivity contribution is 0.0600. The maximum atomic E-state index is 11.4. The van der Waals surface area contributed by atoms with Gasteiger partial charge in [0.25, 0.3) is 0 Å². The zero-order valence-corrected chi connectivity index (χ0v) is 11.8. The van der Waals surface area contributed by atoms with Crippen molar-refractivity contribution in [3.8, 4) is 0 Å². The predicted octanol–water partition coefficient (Wildman–Crippen LogP) is 1.95. The first kappa shape index (κ1) is 13.4. The molecule has 1 atom stereocenters. The van der Waals surface area contributed by atoms with Gasteiger partial charge in [0, 0.05) is 6.26 Å². The second kappa shape index (κ2) is 5.13. The number of rotatable bonds is 3. The van der Waals surface area contributed by atoms with E-state index in [1.54, 1.807) is 18.2 Å². The van der Waals surface area contributed by atoms with Crippen molar-refractivity contribution in [3.05, 3.63) is 35.4 Å². The molecule has 0 spiro atoms. The number of methoxy groups -OCH3 is 1. The van der Waals surface area contributed by atoms with Crippen LogP contribution in [-0.2, 0) is 14.6 Å². The molecular formula is C10H11IO4S. The van der Waals surface area contributed by atoms with Gasteiger partial charge in [-0.25, -0.2) is 13.2 Å². The van der Waals surface area contributed by atoms with Crippen molar-refractivity contribution in [2.24, 2.45) is 0 Å². The fourth-order valence-corrected chi connectivity index (χ4v) is 2.20. The minimum atomic E-state index is -3.17. The monoisotopic (exact) mass is 354 g/mol. The summed E-state index contributed by atoms with van der Waals surface area (Å²) in [5.41, 5.74) is 0.927. The molecule has 0 aliphatic carbocycles. The number of alkyl halides is 1. The Morgan fingerprint density at radius 2 is 2.06 bits per heavy atom. The van der Waals surface area contributed by atoms with Crippen molar-refractivity contribution in [3.63, 3.8) is 0 Å². The van der Waals surface area contributed by atoms with Crippen LogP contribution in [0.5, 0.6) is 0 Å². The van der Waals surface area contributed by atoms with Gasteiger partial charge in [-0.05, 0) is 17.7 Å². The summed E-state index contributed by atoms with van der Waals surface area (Å²) < 4.78 is 26.6. The summed E-state index contributed by atoms with van der Waals surface area (Å²) in [4.78, 5) is 11.3. The van der Waals surface area contributed by atoms with Crippen LogP contribution < -0.4 is 0 Å². The maximum absolute atomic E-state index is 11.4. The highest BCUT2D eigenvalue weighted by molar-refractivity contribution is 14.1. The van der Waals surface area contributed by atoms with E-state index >= 15 is 0 Å². The third-order valence-electron chi connectivity index (χ3n) is 1.95. The number of benzene rings is 1. The summed E-state index contributed by atoms with van der Waals surface area (Å²) in [6.45, 7) is 0. The second-order valence-corrected chi connectivity index (χ2v) is 7.48. The van der Waals surface area contributed by atoms with Crippen LogP contribution in [0, 0.1) is 0 Å². The minimum Gasteiger partial charge on any atom is -0.465 e. The fraction of sp³-hybridized carbons (Fsp3) is 0.300. The predicted molar refractivity (Wildman–Crippen MR) is 69.4 cm³/mol. The van der Waals surface area contributed by atoms with Crippen molar-refractivity contribution in [1.29, 1.82) is 0 Å². The molecule has 1 rings (SSSR count). The third kappa shape index (κ3) is 3.18. The molecule has 0 fully saturated rings. The number of ether oxygens (including phenoxy) is 1. The lowest BCUT2D eigenvalue weighted by Crippen LogP contribution is -2.07. The molecule has 0 saturated heterocycles. The van der Waals surface area contributed by atoms with Gasteiger partial charge in [-0.15, -0.1) is 0 Å². The van der Waals surface area contributed by atoms with E-state index in [4.69, 9.17) is 0 Å². The maximum Gasteiger partial charge on any atom is 0.337 e. The Hall–Kier alpha value is -0.630. The van der Waals surface area contributed by atoms with E-state index in [0.717, 1.165) is 6.26 Å². The average molecular weight is 354 g/mol. The smallest absolute Gasteiger partial charge is 0.337 e. The Kier molecular flexibility index (Phi) is 4.31. The summed E-state index contributed by atoms with van der Waals surface area (Å²) in [5, 5.41) is 0. The van der Waals surface area contributed by atoms with Crippen LogP contribution in [0.1, 0.15) is 19.2 Å². The van der Waals surface area contributed by atoms with E-state index < -0.39 is 19.1 Å². The van der Waals surface area contributed by atoms with E-state index in [0.29, 0.717) is 11.1 Å². The zero-order valence-electron chi connectivity index (χ0n) is 8.81. The highest BCUT2D eigenvalue weighted by Gasteiger charge is 2.20. The first-order valence-electron chi connectivity index (χ1n) is 4.37. The molecule has 1 unspecified atom stereocenters. The zero-order chi connectivity index (χ0) is 12.3. The molecule has 16 heavy (non-hydrogen) atoms. The van der Waals surface area contributed by atoms with Crippen molar-refractivity contribution in [2.75, 3.05) is 13.4 Å². The van der Waals surface area contributed by atoms with Gasteiger partial charge < -0.3 is 4.74 Å². The van der Waals surface area contributed by atoms with Crippen LogP contribution in [0.3, 0.4) is 0 Å². The Morgan fingerprint density at radius 1 is 1.44 bits per heavy atom. The summed E-state index contributed by atoms with van der Waals surface area (Å²) in [6, 6.07) is 6.42. The van der Waals surface area contributed by atoms with Gasteiger partial charge in [-0.3, -0.25) is 0 Å². The minimum absolute atomic E-state index is 0.352. The number of hydrogen-bond donors (Lipinski definition) is 0. The van der Waals surface area contributed by atoms with Gasteiger partial charge in [0.15, 0.2) is 9.84 Å². The molecule has 88 valence electrons. The molecule has 0 radical (unpaired) electrons. The lowest BCUT2D eigenvalue weighted by atomic mass is 10.1. The molecule has 0 aliphatic rings. The Balaban J connectivity index is 3.13. The standard InChI is InChI=1S/C10H11IO4S/c1-15-10(12)8-5-3-4-7(6-8)9(11)16(2,13)14/h3-6,9H,1-2H3. The fourth-order valence-electron chi connectivity index (χ4n) is 1.17. The highest BCUT2D eigenvalue weighted by Crippen LogP contribution is 2.29. The van der Waals surface area contributed by atoms with Crippen LogP contribution >= 0.6 is 22.6 Å². The van der Waals surface area contributed by atoms with Gasteiger partial charge in [-0.1, -0.05) is 34.7 Å². The average Bonchev–Trinajstić information content (AvgIpc) is 2.26. The highest BCUT2D eigenvalue weighted by atomic mass is 127. The molecule has 0 bridgehead atoms. The molecular weight excluding hydrogens is 343 g/mol. The van der Waals surface area contributed by atoms with E-state index in [2.05, 4.69) is 4.74 Å². The van der Waals surface area contributed by atoms with Crippen LogP contribution in [0.4, 0.5) is 0 Å². The van der Waals surface area contributed by atoms with Gasteiger partial charge in [0.2, 0.25) is 0 Å². The van der Waals surface area contributed by atoms with Crippen molar-refractivity contribution < 1.29 is 17.9 Å². The molecule has 1 aromatic rings. The summed E-state index contributed by atoms with van der Waals surface area (Å²) in [5.74, 6) is -0.473. The summed E-state index contributed by atoms with van der Waals surface area (Å²) in [7, 11) is -1.89. The summed E-state index contributed by atoms with van der Waals surface area (Å²) in [6.07, 6.45) is 1.16. The molecule has 0 N–H and O–H groups in total. The van der Waals surface area contributed by atoms with Crippen molar-refractivity contribution >= 4 is 38.4 Å². The number of sulfone groups is 1. The second-order valence-electron chi connectivity index (χ2n) is 3.26. The number of carbonyl (C=O) groups excluding carboxylic acids is 1. The largest absolute Gasteiger partial charge is 0.465 e. The molecule has 0 saturated carbocycles. The van der Waals surface area contributed by atoms with Crippen LogP contribution in [-0.4, -0.2) is 27.8 Å². The van der Waals surface area contributed by atoms with Gasteiger partial charge in [-0.2, -0.15) is 0 Å². The quantitative estimate of drug-likeness (QED) is 0.473. The third-order valence-corrected chi connectivity index (χ3v) is 6.46. The van der Waals surface area contributed by atoms with Gasteiger partial charge >= 0.3 is 5.97 Å². The molecule has 1 aromatic carbocycles. The molecule has 0 aliphatic heterocycles. The molecule has 0 aromatic heterocycles. The van der Waals surface area contributed by atoms with Gasteiger partial charge in [0.05, 0.1) is 12.7 Å². The first-order valence-corrected chi connectivity index (χ1v) is 7.57. The number of halogens is 1. The van der Waals surface area contributed by atoms with Crippen LogP contribution in [0.2, 0.25) is 0 Å². The Labute approximate surface area is 108 Å². The molecule has 6 heteroatoms. The van der Waals surface area contributed by atoms with Crippen molar-refractivity contribution in [2.45, 2.75) is 3.26 Å². The number of carbonyl (C=O) groups is 1. The first-order chi connectivity index (χ1) is 7.36. The molecule has 4 nitrogen and oxygen atoms in total. The van der Waals surface area contributed by atoms with Gasteiger partial charge in [0.1, 0.15) is 3.26 Å².